The van der Waals surface area contributed by atoms with Crippen molar-refractivity contribution in [3.63, 3.8) is 0 Å². The van der Waals surface area contributed by atoms with E-state index in [0.717, 1.165) is 69.0 Å². The molecule has 6 rings (SSSR count). The zero-order chi connectivity index (χ0) is 19.0. The van der Waals surface area contributed by atoms with Gasteiger partial charge >= 0.3 is 0 Å². The third-order valence-corrected chi connectivity index (χ3v) is 8.70. The number of rotatable bonds is 6. The van der Waals surface area contributed by atoms with Crippen molar-refractivity contribution in [3.8, 4) is 0 Å². The van der Waals surface area contributed by atoms with E-state index in [9.17, 15) is 4.79 Å². The van der Waals surface area contributed by atoms with Crippen LogP contribution < -0.4 is 5.32 Å². The van der Waals surface area contributed by atoms with Crippen LogP contribution in [-0.2, 0) is 4.79 Å². The van der Waals surface area contributed by atoms with Crippen molar-refractivity contribution in [3.05, 3.63) is 0 Å². The van der Waals surface area contributed by atoms with E-state index in [1.165, 1.54) is 26.1 Å². The number of nitrogens with one attached hydrogen (secondary N) is 1. The van der Waals surface area contributed by atoms with Crippen LogP contribution in [0.3, 0.4) is 0 Å². The van der Waals surface area contributed by atoms with Gasteiger partial charge < -0.3 is 20.0 Å². The molecule has 1 N–H and O–H groups in total. The molecule has 4 aliphatic carbocycles. The van der Waals surface area contributed by atoms with Crippen molar-refractivity contribution in [1.82, 2.24) is 20.0 Å². The lowest BCUT2D eigenvalue weighted by Crippen LogP contribution is -2.51. The summed E-state index contributed by atoms with van der Waals surface area (Å²) in [5.41, 5.74) is 0.724. The number of nitrogens with zero attached hydrogens (tertiary/aromatic N) is 3. The molecule has 4 bridgehead atoms. The van der Waals surface area contributed by atoms with Crippen LogP contribution in [0, 0.1) is 23.2 Å². The summed E-state index contributed by atoms with van der Waals surface area (Å²) in [7, 11) is 0. The van der Waals surface area contributed by atoms with Gasteiger partial charge in [-0.15, -0.1) is 0 Å². The van der Waals surface area contributed by atoms with Crippen LogP contribution in [0.4, 0.5) is 0 Å². The van der Waals surface area contributed by atoms with Gasteiger partial charge in [0.25, 0.3) is 0 Å². The summed E-state index contributed by atoms with van der Waals surface area (Å²) in [4.78, 5) is 19.6. The molecule has 5 heteroatoms. The van der Waals surface area contributed by atoms with Crippen LogP contribution in [0.25, 0.3) is 0 Å². The maximum Gasteiger partial charge on any atom is 0.223 e. The second kappa shape index (κ2) is 8.23. The highest BCUT2D eigenvalue weighted by Gasteiger charge is 2.50. The van der Waals surface area contributed by atoms with Crippen molar-refractivity contribution in [2.75, 3.05) is 65.4 Å². The second-order valence-electron chi connectivity index (χ2n) is 10.7. The van der Waals surface area contributed by atoms with Gasteiger partial charge in [0.2, 0.25) is 5.91 Å². The zero-order valence-corrected chi connectivity index (χ0v) is 17.7. The molecule has 6 aliphatic rings. The Balaban J connectivity index is 1.02. The third kappa shape index (κ3) is 4.27. The lowest BCUT2D eigenvalue weighted by atomic mass is 9.49. The molecular weight excluding hydrogens is 348 g/mol. The minimum Gasteiger partial charge on any atom is -0.340 e. The first-order valence-corrected chi connectivity index (χ1v) is 12.1. The Kier molecular flexibility index (Phi) is 5.68. The maximum atomic E-state index is 12.4. The van der Waals surface area contributed by atoms with Crippen LogP contribution in [-0.4, -0.2) is 86.1 Å². The van der Waals surface area contributed by atoms with E-state index < -0.39 is 0 Å². The third-order valence-electron chi connectivity index (χ3n) is 8.70. The molecule has 1 amide bonds. The Bertz CT molecular complexity index is 516. The van der Waals surface area contributed by atoms with Crippen LogP contribution in [0.5, 0.6) is 0 Å². The highest BCUT2D eigenvalue weighted by molar-refractivity contribution is 5.76. The number of hydrogen-bond donors (Lipinski definition) is 1. The summed E-state index contributed by atoms with van der Waals surface area (Å²) >= 11 is 0. The van der Waals surface area contributed by atoms with Crippen LogP contribution in [0.15, 0.2) is 0 Å². The normalized spacial score (nSPS) is 38.9. The SMILES string of the molecule is O=C(CCN1CCN(CCC23CC4CC(CC(C4)C2)C3)CC1)N1CCNCC1. The fourth-order valence-electron chi connectivity index (χ4n) is 7.55. The summed E-state index contributed by atoms with van der Waals surface area (Å²) in [6.07, 6.45) is 11.5. The smallest absolute Gasteiger partial charge is 0.223 e. The Hall–Kier alpha value is -0.650. The van der Waals surface area contributed by atoms with E-state index in [1.54, 1.807) is 38.5 Å². The molecule has 4 saturated carbocycles. The van der Waals surface area contributed by atoms with Crippen LogP contribution in [0.2, 0.25) is 0 Å². The lowest BCUT2D eigenvalue weighted by molar-refractivity contribution is -0.132. The largest absolute Gasteiger partial charge is 0.340 e. The molecule has 0 aromatic rings. The highest BCUT2D eigenvalue weighted by atomic mass is 16.2. The summed E-state index contributed by atoms with van der Waals surface area (Å²) in [5.74, 6) is 3.59. The fourth-order valence-corrected chi connectivity index (χ4v) is 7.55. The first kappa shape index (κ1) is 19.3. The molecule has 5 nitrogen and oxygen atoms in total. The average molecular weight is 389 g/mol. The first-order valence-electron chi connectivity index (χ1n) is 12.1. The average Bonchev–Trinajstić information content (AvgIpc) is 2.71. The molecule has 28 heavy (non-hydrogen) atoms. The standard InChI is InChI=1S/C23H40N4O/c28-22(27-7-3-24-4-8-27)1-5-25-9-11-26(12-10-25)6-2-23-16-19-13-20(17-23)15-21(14-19)18-23/h19-21,24H,1-18H2. The van der Waals surface area contributed by atoms with E-state index in [-0.39, 0.29) is 0 Å². The van der Waals surface area contributed by atoms with E-state index in [1.807, 2.05) is 4.90 Å². The summed E-state index contributed by atoms with van der Waals surface area (Å²) in [6.45, 7) is 10.6. The second-order valence-corrected chi connectivity index (χ2v) is 10.7. The predicted molar refractivity (Wildman–Crippen MR) is 112 cm³/mol. The van der Waals surface area contributed by atoms with Crippen molar-refractivity contribution in [2.45, 2.75) is 51.4 Å². The van der Waals surface area contributed by atoms with Gasteiger partial charge in [0.05, 0.1) is 0 Å². The molecule has 6 fully saturated rings. The van der Waals surface area contributed by atoms with Crippen molar-refractivity contribution >= 4 is 5.91 Å². The van der Waals surface area contributed by atoms with Crippen LogP contribution in [0.1, 0.15) is 51.4 Å². The number of carbonyl (C=O) groups is 1. The highest BCUT2D eigenvalue weighted by Crippen LogP contribution is 2.61. The molecule has 0 aromatic heterocycles. The Morgan fingerprint density at radius 3 is 1.89 bits per heavy atom. The van der Waals surface area contributed by atoms with Gasteiger partial charge in [-0.3, -0.25) is 4.79 Å². The molecule has 0 unspecified atom stereocenters. The predicted octanol–water partition coefficient (Wildman–Crippen LogP) is 2.03. The number of piperazine rings is 2. The summed E-state index contributed by atoms with van der Waals surface area (Å²) < 4.78 is 0. The maximum absolute atomic E-state index is 12.4. The number of carbonyl (C=O) groups excluding carboxylic acids is 1. The van der Waals surface area contributed by atoms with E-state index in [0.29, 0.717) is 12.3 Å². The van der Waals surface area contributed by atoms with Crippen molar-refractivity contribution in [1.29, 1.82) is 0 Å². The Morgan fingerprint density at radius 2 is 1.32 bits per heavy atom. The minimum atomic E-state index is 0.353. The van der Waals surface area contributed by atoms with Crippen molar-refractivity contribution < 1.29 is 4.79 Å². The molecule has 158 valence electrons. The van der Waals surface area contributed by atoms with Gasteiger partial charge in [0.15, 0.2) is 0 Å². The molecular formula is C23H40N4O. The van der Waals surface area contributed by atoms with Gasteiger partial charge in [-0.1, -0.05) is 0 Å². The molecule has 2 aliphatic heterocycles. The van der Waals surface area contributed by atoms with E-state index >= 15 is 0 Å². The molecule has 0 aromatic carbocycles. The number of amides is 1. The minimum absolute atomic E-state index is 0.353. The molecule has 2 heterocycles. The van der Waals surface area contributed by atoms with E-state index in [4.69, 9.17) is 0 Å². The van der Waals surface area contributed by atoms with Gasteiger partial charge in [-0.25, -0.2) is 0 Å². The van der Waals surface area contributed by atoms with Crippen LogP contribution >= 0.6 is 0 Å². The van der Waals surface area contributed by atoms with Gasteiger partial charge in [-0.05, 0) is 74.7 Å². The molecule has 0 atom stereocenters. The fraction of sp³-hybridized carbons (Fsp3) is 0.957. The zero-order valence-electron chi connectivity index (χ0n) is 17.7. The van der Waals surface area contributed by atoms with Gasteiger partial charge in [0, 0.05) is 65.3 Å². The quantitative estimate of drug-likeness (QED) is 0.756. The molecule has 0 radical (unpaired) electrons. The Morgan fingerprint density at radius 1 is 0.786 bits per heavy atom. The van der Waals surface area contributed by atoms with E-state index in [2.05, 4.69) is 15.1 Å². The molecule has 2 saturated heterocycles. The topological polar surface area (TPSA) is 38.8 Å². The lowest BCUT2D eigenvalue weighted by Gasteiger charge is -2.57. The molecule has 0 spiro atoms. The van der Waals surface area contributed by atoms with Gasteiger partial charge in [-0.2, -0.15) is 0 Å². The Labute approximate surface area is 171 Å². The van der Waals surface area contributed by atoms with Crippen molar-refractivity contribution in [2.24, 2.45) is 23.2 Å². The van der Waals surface area contributed by atoms with Gasteiger partial charge in [0.1, 0.15) is 0 Å². The summed E-state index contributed by atoms with van der Waals surface area (Å²) in [5, 5.41) is 3.32. The summed E-state index contributed by atoms with van der Waals surface area (Å²) in [6, 6.07) is 0. The number of hydrogen-bond acceptors (Lipinski definition) is 4. The monoisotopic (exact) mass is 388 g/mol. The first-order chi connectivity index (χ1) is 13.7.